The summed E-state index contributed by atoms with van der Waals surface area (Å²) in [6.45, 7) is 8.55. The van der Waals surface area contributed by atoms with Gasteiger partial charge in [-0.25, -0.2) is 4.79 Å². The second kappa shape index (κ2) is 6.67. The van der Waals surface area contributed by atoms with Crippen molar-refractivity contribution in [2.45, 2.75) is 26.7 Å². The van der Waals surface area contributed by atoms with Crippen molar-refractivity contribution in [2.24, 2.45) is 5.92 Å². The molecule has 1 heterocycles. The van der Waals surface area contributed by atoms with Crippen LogP contribution in [0.3, 0.4) is 0 Å². The molecular formula is C11H23N3O. The first-order valence-electron chi connectivity index (χ1n) is 6.01. The smallest absolute Gasteiger partial charge is 0.317 e. The van der Waals surface area contributed by atoms with Crippen LogP contribution >= 0.6 is 0 Å². The topological polar surface area (TPSA) is 44.4 Å². The largest absolute Gasteiger partial charge is 0.338 e. The van der Waals surface area contributed by atoms with Crippen molar-refractivity contribution in [2.75, 3.05) is 32.7 Å². The maximum atomic E-state index is 11.6. The highest BCUT2D eigenvalue weighted by Crippen LogP contribution is 2.11. The van der Waals surface area contributed by atoms with E-state index in [4.69, 9.17) is 0 Å². The Kier molecular flexibility index (Phi) is 5.47. The number of nitrogens with one attached hydrogen (secondary N) is 2. The molecule has 1 saturated heterocycles. The molecular weight excluding hydrogens is 190 g/mol. The Balaban J connectivity index is 2.34. The van der Waals surface area contributed by atoms with E-state index in [1.54, 1.807) is 0 Å². The van der Waals surface area contributed by atoms with Crippen LogP contribution in [-0.4, -0.2) is 43.7 Å². The third-order valence-corrected chi connectivity index (χ3v) is 2.87. The van der Waals surface area contributed by atoms with Crippen molar-refractivity contribution < 1.29 is 4.79 Å². The zero-order chi connectivity index (χ0) is 11.1. The number of hydrogen-bond donors (Lipinski definition) is 2. The zero-order valence-electron chi connectivity index (χ0n) is 9.88. The minimum Gasteiger partial charge on any atom is -0.338 e. The molecule has 15 heavy (non-hydrogen) atoms. The van der Waals surface area contributed by atoms with E-state index in [-0.39, 0.29) is 6.03 Å². The molecule has 1 aliphatic heterocycles. The van der Waals surface area contributed by atoms with Gasteiger partial charge < -0.3 is 15.5 Å². The highest BCUT2D eigenvalue weighted by atomic mass is 16.2. The van der Waals surface area contributed by atoms with E-state index >= 15 is 0 Å². The Morgan fingerprint density at radius 1 is 1.53 bits per heavy atom. The maximum absolute atomic E-state index is 11.6. The minimum atomic E-state index is 0.0746. The zero-order valence-corrected chi connectivity index (χ0v) is 9.88. The fourth-order valence-electron chi connectivity index (χ4n) is 2.01. The molecule has 0 aromatic heterocycles. The third-order valence-electron chi connectivity index (χ3n) is 2.87. The molecule has 88 valence electrons. The molecule has 0 spiro atoms. The van der Waals surface area contributed by atoms with Crippen molar-refractivity contribution in [1.82, 2.24) is 15.5 Å². The van der Waals surface area contributed by atoms with Gasteiger partial charge in [0, 0.05) is 19.6 Å². The number of carbonyl (C=O) groups excluding carboxylic acids is 1. The van der Waals surface area contributed by atoms with E-state index in [9.17, 15) is 4.79 Å². The van der Waals surface area contributed by atoms with Crippen LogP contribution in [0.2, 0.25) is 0 Å². The number of piperidine rings is 1. The summed E-state index contributed by atoms with van der Waals surface area (Å²) in [4.78, 5) is 13.5. The van der Waals surface area contributed by atoms with Crippen LogP contribution in [0.4, 0.5) is 4.79 Å². The number of amides is 2. The monoisotopic (exact) mass is 213 g/mol. The summed E-state index contributed by atoms with van der Waals surface area (Å²) in [7, 11) is 0. The van der Waals surface area contributed by atoms with Gasteiger partial charge in [0.05, 0.1) is 0 Å². The average Bonchev–Trinajstić information content (AvgIpc) is 2.27. The lowest BCUT2D eigenvalue weighted by atomic mass is 9.99. The Morgan fingerprint density at radius 3 is 2.87 bits per heavy atom. The Morgan fingerprint density at radius 2 is 2.33 bits per heavy atom. The van der Waals surface area contributed by atoms with Crippen molar-refractivity contribution in [3.8, 4) is 0 Å². The lowest BCUT2D eigenvalue weighted by Gasteiger charge is -2.29. The van der Waals surface area contributed by atoms with Gasteiger partial charge in [-0.3, -0.25) is 0 Å². The number of carbonyl (C=O) groups is 1. The van der Waals surface area contributed by atoms with E-state index in [1.807, 2.05) is 18.7 Å². The van der Waals surface area contributed by atoms with Crippen LogP contribution in [0.15, 0.2) is 0 Å². The second-order valence-corrected chi connectivity index (χ2v) is 4.09. The van der Waals surface area contributed by atoms with Crippen LogP contribution in [0, 0.1) is 5.92 Å². The molecule has 0 aliphatic carbocycles. The standard InChI is InChI=1S/C11H23N3O/c1-3-13-11(15)14(4-2)9-10-6-5-7-12-8-10/h10,12H,3-9H2,1-2H3,(H,13,15). The number of hydrogen-bond acceptors (Lipinski definition) is 2. The predicted molar refractivity (Wildman–Crippen MR) is 61.9 cm³/mol. The number of nitrogens with zero attached hydrogens (tertiary/aromatic N) is 1. The summed E-state index contributed by atoms with van der Waals surface area (Å²) < 4.78 is 0. The molecule has 0 saturated carbocycles. The number of rotatable bonds is 4. The molecule has 1 atom stereocenters. The van der Waals surface area contributed by atoms with Crippen molar-refractivity contribution in [3.05, 3.63) is 0 Å². The predicted octanol–water partition coefficient (Wildman–Crippen LogP) is 1.04. The molecule has 4 heteroatoms. The highest BCUT2D eigenvalue weighted by molar-refractivity contribution is 5.74. The fourth-order valence-corrected chi connectivity index (χ4v) is 2.01. The Hall–Kier alpha value is -0.770. The van der Waals surface area contributed by atoms with Crippen LogP contribution in [0.1, 0.15) is 26.7 Å². The van der Waals surface area contributed by atoms with Crippen molar-refractivity contribution >= 4 is 6.03 Å². The normalized spacial score (nSPS) is 21.1. The van der Waals surface area contributed by atoms with E-state index in [2.05, 4.69) is 10.6 Å². The first-order valence-corrected chi connectivity index (χ1v) is 6.01. The van der Waals surface area contributed by atoms with Crippen LogP contribution < -0.4 is 10.6 Å². The molecule has 0 aromatic carbocycles. The molecule has 0 radical (unpaired) electrons. The van der Waals surface area contributed by atoms with Crippen LogP contribution in [-0.2, 0) is 0 Å². The molecule has 4 nitrogen and oxygen atoms in total. The molecule has 2 N–H and O–H groups in total. The van der Waals surface area contributed by atoms with E-state index in [1.165, 1.54) is 12.8 Å². The summed E-state index contributed by atoms with van der Waals surface area (Å²) in [6, 6.07) is 0.0746. The van der Waals surface area contributed by atoms with Gasteiger partial charge in [0.1, 0.15) is 0 Å². The summed E-state index contributed by atoms with van der Waals surface area (Å²) in [5, 5.41) is 6.23. The van der Waals surface area contributed by atoms with Gasteiger partial charge in [0.25, 0.3) is 0 Å². The molecule has 0 bridgehead atoms. The lowest BCUT2D eigenvalue weighted by molar-refractivity contribution is 0.185. The third kappa shape index (κ3) is 4.08. The quantitative estimate of drug-likeness (QED) is 0.733. The van der Waals surface area contributed by atoms with Gasteiger partial charge in [-0.1, -0.05) is 0 Å². The maximum Gasteiger partial charge on any atom is 0.317 e. The summed E-state index contributed by atoms with van der Waals surface area (Å²) in [6.07, 6.45) is 2.47. The molecule has 2 amide bonds. The summed E-state index contributed by atoms with van der Waals surface area (Å²) >= 11 is 0. The van der Waals surface area contributed by atoms with Crippen LogP contribution in [0.5, 0.6) is 0 Å². The molecule has 1 fully saturated rings. The lowest BCUT2D eigenvalue weighted by Crippen LogP contribution is -2.45. The van der Waals surface area contributed by atoms with Gasteiger partial charge in [-0.05, 0) is 45.7 Å². The fraction of sp³-hybridized carbons (Fsp3) is 0.909. The first kappa shape index (κ1) is 12.3. The van der Waals surface area contributed by atoms with E-state index in [0.29, 0.717) is 12.5 Å². The van der Waals surface area contributed by atoms with E-state index in [0.717, 1.165) is 26.2 Å². The summed E-state index contributed by atoms with van der Waals surface area (Å²) in [5.41, 5.74) is 0. The van der Waals surface area contributed by atoms with Gasteiger partial charge in [0.2, 0.25) is 0 Å². The summed E-state index contributed by atoms with van der Waals surface area (Å²) in [5.74, 6) is 0.626. The molecule has 1 aliphatic rings. The SMILES string of the molecule is CCNC(=O)N(CC)CC1CCCNC1. The van der Waals surface area contributed by atoms with Gasteiger partial charge >= 0.3 is 6.03 Å². The molecule has 1 rings (SSSR count). The molecule has 0 aromatic rings. The minimum absolute atomic E-state index is 0.0746. The van der Waals surface area contributed by atoms with E-state index < -0.39 is 0 Å². The first-order chi connectivity index (χ1) is 7.27. The van der Waals surface area contributed by atoms with Gasteiger partial charge in [0.15, 0.2) is 0 Å². The van der Waals surface area contributed by atoms with Crippen molar-refractivity contribution in [3.63, 3.8) is 0 Å². The highest BCUT2D eigenvalue weighted by Gasteiger charge is 2.18. The van der Waals surface area contributed by atoms with Crippen LogP contribution in [0.25, 0.3) is 0 Å². The number of urea groups is 1. The Bertz CT molecular complexity index is 190. The Labute approximate surface area is 92.4 Å². The average molecular weight is 213 g/mol. The van der Waals surface area contributed by atoms with Gasteiger partial charge in [-0.2, -0.15) is 0 Å². The van der Waals surface area contributed by atoms with Gasteiger partial charge in [-0.15, -0.1) is 0 Å². The second-order valence-electron chi connectivity index (χ2n) is 4.09. The van der Waals surface area contributed by atoms with Crippen molar-refractivity contribution in [1.29, 1.82) is 0 Å². The molecule has 1 unspecified atom stereocenters.